The Morgan fingerprint density at radius 1 is 1.08 bits per heavy atom. The molecule has 5 rings (SSSR count). The first-order chi connectivity index (χ1) is 18.4. The van der Waals surface area contributed by atoms with Crippen LogP contribution in [-0.2, 0) is 14.4 Å². The summed E-state index contributed by atoms with van der Waals surface area (Å²) in [5.41, 5.74) is 1.16. The minimum absolute atomic E-state index is 0.0199. The minimum atomic E-state index is -0.765. The van der Waals surface area contributed by atoms with Crippen molar-refractivity contribution in [1.29, 1.82) is 0 Å². The van der Waals surface area contributed by atoms with Crippen molar-refractivity contribution in [2.45, 2.75) is 57.5 Å². The molecule has 9 heteroatoms. The number of rotatable bonds is 9. The quantitative estimate of drug-likeness (QED) is 0.440. The normalized spacial score (nSPS) is 25.1. The molecule has 5 atom stereocenters. The maximum atomic E-state index is 13.7. The zero-order valence-corrected chi connectivity index (χ0v) is 21.6. The molecule has 3 fully saturated rings. The van der Waals surface area contributed by atoms with Gasteiger partial charge in [-0.3, -0.25) is 24.0 Å². The predicted octanol–water partition coefficient (Wildman–Crippen LogP) is 2.48. The van der Waals surface area contributed by atoms with Crippen molar-refractivity contribution < 1.29 is 24.0 Å². The fourth-order valence-electron chi connectivity index (χ4n) is 6.34. The van der Waals surface area contributed by atoms with Crippen LogP contribution >= 0.6 is 0 Å². The van der Waals surface area contributed by atoms with Gasteiger partial charge in [0.2, 0.25) is 11.8 Å². The smallest absolute Gasteiger partial charge is 0.270 e. The number of fused-ring (bicyclic) bond motifs is 1. The summed E-state index contributed by atoms with van der Waals surface area (Å²) in [6, 6.07) is 8.93. The lowest BCUT2D eigenvalue weighted by Gasteiger charge is -2.29. The molecule has 5 unspecified atom stereocenters. The number of carbonyl (C=O) groups is 5. The molecular weight excluding hydrogens is 484 g/mol. The Morgan fingerprint density at radius 3 is 2.58 bits per heavy atom. The molecule has 1 aromatic heterocycles. The van der Waals surface area contributed by atoms with Gasteiger partial charge in [-0.05, 0) is 43.6 Å². The molecule has 1 saturated carbocycles. The molecule has 3 amide bonds. The van der Waals surface area contributed by atoms with E-state index in [4.69, 9.17) is 0 Å². The second-order valence-corrected chi connectivity index (χ2v) is 10.6. The number of hydrogen-bond donors (Lipinski definition) is 3. The lowest BCUT2D eigenvalue weighted by molar-refractivity contribution is -0.132. The van der Waals surface area contributed by atoms with Crippen LogP contribution in [0.1, 0.15) is 71.9 Å². The Kier molecular flexibility index (Phi) is 7.44. The number of benzene rings is 1. The molecule has 0 bridgehead atoms. The zero-order chi connectivity index (χ0) is 26.8. The van der Waals surface area contributed by atoms with E-state index in [1.165, 1.54) is 6.20 Å². The molecular formula is C29H34N4O5. The van der Waals surface area contributed by atoms with Crippen molar-refractivity contribution in [2.24, 2.45) is 17.8 Å². The summed E-state index contributed by atoms with van der Waals surface area (Å²) >= 11 is 0. The predicted molar refractivity (Wildman–Crippen MR) is 139 cm³/mol. The first-order valence-electron chi connectivity index (χ1n) is 13.6. The van der Waals surface area contributed by atoms with E-state index in [-0.39, 0.29) is 65.6 Å². The first kappa shape index (κ1) is 25.9. The number of Topliss-reactive ketones (excluding diaryl/α,β-unsaturated/α-hetero) is 1. The molecule has 2 aliphatic heterocycles. The number of ketones is 2. The average Bonchev–Trinajstić information content (AvgIpc) is 3.72. The number of aromatic nitrogens is 1. The zero-order valence-electron chi connectivity index (χ0n) is 21.6. The largest absolute Gasteiger partial charge is 0.356 e. The van der Waals surface area contributed by atoms with Gasteiger partial charge >= 0.3 is 0 Å². The Balaban J connectivity index is 1.34. The van der Waals surface area contributed by atoms with E-state index in [9.17, 15) is 24.0 Å². The standard InChI is InChI=1S/C29H34N4O5/c1-2-24(34)22(13-18-11-12-30-27(18)36)32-28(37)25-21-10-6-9-19(21)16-33(25)29(38)23-14-20(15-31-23)26(35)17-7-4-3-5-8-17/h3-5,7-8,14-15,18-19,21-22,25,31H,2,6,9-13,16H2,1H3,(H,30,36)(H,32,37). The molecule has 3 aliphatic rings. The topological polar surface area (TPSA) is 128 Å². The summed E-state index contributed by atoms with van der Waals surface area (Å²) in [7, 11) is 0. The second kappa shape index (κ2) is 10.9. The molecule has 0 spiro atoms. The van der Waals surface area contributed by atoms with E-state index in [1.807, 2.05) is 6.07 Å². The van der Waals surface area contributed by atoms with E-state index >= 15 is 0 Å². The van der Waals surface area contributed by atoms with Crippen LogP contribution in [-0.4, -0.2) is 64.3 Å². The molecule has 2 saturated heterocycles. The summed E-state index contributed by atoms with van der Waals surface area (Å²) in [6.45, 7) is 2.78. The van der Waals surface area contributed by atoms with Gasteiger partial charge in [-0.15, -0.1) is 0 Å². The third-order valence-electron chi connectivity index (χ3n) is 8.37. The highest BCUT2D eigenvalue weighted by Gasteiger charge is 2.50. The summed E-state index contributed by atoms with van der Waals surface area (Å²) < 4.78 is 0. The highest BCUT2D eigenvalue weighted by atomic mass is 16.2. The van der Waals surface area contributed by atoms with Crippen LogP contribution in [0.5, 0.6) is 0 Å². The summed E-state index contributed by atoms with van der Waals surface area (Å²) in [4.78, 5) is 69.6. The highest BCUT2D eigenvalue weighted by molar-refractivity contribution is 6.10. The van der Waals surface area contributed by atoms with Crippen molar-refractivity contribution in [3.05, 3.63) is 59.4 Å². The number of nitrogens with zero attached hydrogens (tertiary/aromatic N) is 1. The van der Waals surface area contributed by atoms with E-state index in [2.05, 4.69) is 15.6 Å². The number of aromatic amines is 1. The fourth-order valence-corrected chi connectivity index (χ4v) is 6.34. The third-order valence-corrected chi connectivity index (χ3v) is 8.37. The fraction of sp³-hybridized carbons (Fsp3) is 0.483. The number of nitrogens with one attached hydrogen (secondary N) is 3. The third kappa shape index (κ3) is 5.01. The molecule has 3 heterocycles. The number of H-pyrrole nitrogens is 1. The van der Waals surface area contributed by atoms with Gasteiger partial charge in [-0.1, -0.05) is 43.7 Å². The molecule has 38 heavy (non-hydrogen) atoms. The Hall–Kier alpha value is -3.75. The van der Waals surface area contributed by atoms with E-state index in [0.29, 0.717) is 30.6 Å². The minimum Gasteiger partial charge on any atom is -0.356 e. The van der Waals surface area contributed by atoms with Gasteiger partial charge in [-0.25, -0.2) is 0 Å². The number of amides is 3. The molecule has 9 nitrogen and oxygen atoms in total. The van der Waals surface area contributed by atoms with Crippen LogP contribution < -0.4 is 10.6 Å². The molecule has 1 aromatic carbocycles. The molecule has 2 aromatic rings. The molecule has 3 N–H and O–H groups in total. The maximum Gasteiger partial charge on any atom is 0.270 e. The van der Waals surface area contributed by atoms with Crippen LogP contribution in [0.15, 0.2) is 42.6 Å². The van der Waals surface area contributed by atoms with Crippen molar-refractivity contribution in [3.8, 4) is 0 Å². The first-order valence-corrected chi connectivity index (χ1v) is 13.6. The number of hydrogen-bond acceptors (Lipinski definition) is 5. The number of carbonyl (C=O) groups excluding carboxylic acids is 5. The second-order valence-electron chi connectivity index (χ2n) is 10.6. The van der Waals surface area contributed by atoms with E-state index < -0.39 is 12.1 Å². The van der Waals surface area contributed by atoms with Gasteiger partial charge in [-0.2, -0.15) is 0 Å². The van der Waals surface area contributed by atoms with Gasteiger partial charge in [0.05, 0.1) is 6.04 Å². The van der Waals surface area contributed by atoms with Crippen LogP contribution in [0.2, 0.25) is 0 Å². The van der Waals surface area contributed by atoms with Crippen LogP contribution in [0, 0.1) is 17.8 Å². The summed E-state index contributed by atoms with van der Waals surface area (Å²) in [5, 5.41) is 5.71. The van der Waals surface area contributed by atoms with Gasteiger partial charge in [0.15, 0.2) is 11.6 Å². The van der Waals surface area contributed by atoms with Gasteiger partial charge in [0, 0.05) is 42.8 Å². The maximum absolute atomic E-state index is 13.7. The van der Waals surface area contributed by atoms with E-state index in [1.54, 1.807) is 42.2 Å². The van der Waals surface area contributed by atoms with Gasteiger partial charge in [0.1, 0.15) is 11.7 Å². The van der Waals surface area contributed by atoms with E-state index in [0.717, 1.165) is 19.3 Å². The van der Waals surface area contributed by atoms with Gasteiger partial charge < -0.3 is 20.5 Å². The average molecular weight is 519 g/mol. The monoisotopic (exact) mass is 518 g/mol. The van der Waals surface area contributed by atoms with Crippen LogP contribution in [0.3, 0.4) is 0 Å². The highest BCUT2D eigenvalue weighted by Crippen LogP contribution is 2.43. The lowest BCUT2D eigenvalue weighted by atomic mass is 9.91. The van der Waals surface area contributed by atoms with Crippen molar-refractivity contribution in [1.82, 2.24) is 20.5 Å². The van der Waals surface area contributed by atoms with Crippen molar-refractivity contribution in [2.75, 3.05) is 13.1 Å². The molecule has 200 valence electrons. The Labute approximate surface area is 221 Å². The van der Waals surface area contributed by atoms with Crippen molar-refractivity contribution >= 4 is 29.3 Å². The summed E-state index contributed by atoms with van der Waals surface area (Å²) in [5.74, 6) is -1.14. The molecule has 1 aliphatic carbocycles. The summed E-state index contributed by atoms with van der Waals surface area (Å²) in [6.07, 6.45) is 5.46. The van der Waals surface area contributed by atoms with Crippen LogP contribution in [0.25, 0.3) is 0 Å². The van der Waals surface area contributed by atoms with Gasteiger partial charge in [0.25, 0.3) is 5.91 Å². The Bertz CT molecular complexity index is 1240. The molecule has 0 radical (unpaired) electrons. The lowest BCUT2D eigenvalue weighted by Crippen LogP contribution is -2.53. The SMILES string of the molecule is CCC(=O)C(CC1CCNC1=O)NC(=O)C1C2CCCC2CN1C(=O)c1cc(C(=O)c2ccccc2)c[nH]1. The Morgan fingerprint density at radius 2 is 1.87 bits per heavy atom. The van der Waals surface area contributed by atoms with Crippen LogP contribution in [0.4, 0.5) is 0 Å². The van der Waals surface area contributed by atoms with Crippen molar-refractivity contribution in [3.63, 3.8) is 0 Å². The number of likely N-dealkylation sites (tertiary alicyclic amines) is 1.